The zero-order valence-corrected chi connectivity index (χ0v) is 21.4. The molecule has 7 nitrogen and oxygen atoms in total. The molecule has 0 atom stereocenters. The minimum atomic E-state index is -0.481. The third-order valence-corrected chi connectivity index (χ3v) is 8.53. The molecule has 1 aromatic carbocycles. The minimum absolute atomic E-state index is 0.0190. The molecule has 8 heteroatoms. The molecule has 0 bridgehead atoms. The summed E-state index contributed by atoms with van der Waals surface area (Å²) >= 11 is 1.37. The van der Waals surface area contributed by atoms with Crippen LogP contribution < -0.4 is 4.90 Å². The molecule has 1 amide bonds. The SMILES string of the molecule is CC(C)(C)OC(=O)N1CC2(C1)CN(c1ccc3c(c1)C(C)(C)c1[nH]c4cc(C#N)sc4c1C3=O)C2. The number of ether oxygens (including phenoxy) is 1. The van der Waals surface area contributed by atoms with Gasteiger partial charge in [-0.1, -0.05) is 13.8 Å². The Balaban J connectivity index is 1.23. The molecule has 1 spiro atoms. The zero-order chi connectivity index (χ0) is 24.9. The maximum atomic E-state index is 13.5. The summed E-state index contributed by atoms with van der Waals surface area (Å²) in [5.74, 6) is 0.0190. The second-order valence-electron chi connectivity index (χ2n) is 11.7. The van der Waals surface area contributed by atoms with Crippen molar-refractivity contribution in [2.75, 3.05) is 31.1 Å². The summed E-state index contributed by atoms with van der Waals surface area (Å²) < 4.78 is 6.36. The number of H-pyrrole nitrogens is 1. The molecule has 3 aromatic rings. The van der Waals surface area contributed by atoms with E-state index in [2.05, 4.69) is 35.9 Å². The number of nitriles is 1. The van der Waals surface area contributed by atoms with Crippen molar-refractivity contribution < 1.29 is 14.3 Å². The molecule has 0 radical (unpaired) electrons. The van der Waals surface area contributed by atoms with Crippen LogP contribution in [0.1, 0.15) is 66.7 Å². The van der Waals surface area contributed by atoms with E-state index in [9.17, 15) is 14.9 Å². The lowest BCUT2D eigenvalue weighted by molar-refractivity contribution is -0.0453. The minimum Gasteiger partial charge on any atom is -0.444 e. The number of benzene rings is 1. The smallest absolute Gasteiger partial charge is 0.410 e. The number of anilines is 1. The second kappa shape index (κ2) is 6.88. The number of rotatable bonds is 1. The fourth-order valence-electron chi connectivity index (χ4n) is 5.80. The second-order valence-corrected chi connectivity index (χ2v) is 12.8. The number of nitrogens with one attached hydrogen (secondary N) is 1. The van der Waals surface area contributed by atoms with Gasteiger partial charge in [-0.25, -0.2) is 4.79 Å². The molecule has 1 aliphatic carbocycles. The number of carbonyl (C=O) groups is 2. The van der Waals surface area contributed by atoms with Crippen molar-refractivity contribution in [3.8, 4) is 6.07 Å². The van der Waals surface area contributed by atoms with Gasteiger partial charge in [0.05, 0.1) is 15.8 Å². The average Bonchev–Trinajstić information content (AvgIpc) is 3.27. The van der Waals surface area contributed by atoms with Gasteiger partial charge in [-0.05, 0) is 50.6 Å². The number of aromatic amines is 1. The first-order valence-corrected chi connectivity index (χ1v) is 12.7. The van der Waals surface area contributed by atoms with Gasteiger partial charge in [-0.2, -0.15) is 5.26 Å². The number of ketones is 1. The number of carbonyl (C=O) groups excluding carboxylic acids is 2. The zero-order valence-electron chi connectivity index (χ0n) is 20.6. The van der Waals surface area contributed by atoms with E-state index in [1.54, 1.807) is 4.90 Å². The number of amides is 1. The molecule has 180 valence electrons. The standard InChI is InChI=1S/C27H28N4O3S/c1-25(2,3)34-24(33)31-13-27(14-31)11-30(12-27)15-6-7-17-18(8-15)26(4,5)23-20(21(17)32)22-19(29-23)9-16(10-28)35-22/h6-9,29H,11-14H2,1-5H3. The molecule has 2 aliphatic heterocycles. The lowest BCUT2D eigenvalue weighted by Gasteiger charge is -2.60. The van der Waals surface area contributed by atoms with E-state index in [-0.39, 0.29) is 22.7 Å². The third kappa shape index (κ3) is 3.21. The highest BCUT2D eigenvalue weighted by molar-refractivity contribution is 7.20. The first kappa shape index (κ1) is 22.2. The lowest BCUT2D eigenvalue weighted by Crippen LogP contribution is -2.73. The summed E-state index contributed by atoms with van der Waals surface area (Å²) in [6.45, 7) is 13.2. The Kier molecular flexibility index (Phi) is 4.36. The first-order chi connectivity index (χ1) is 16.4. The maximum absolute atomic E-state index is 13.5. The molecule has 2 saturated heterocycles. The quantitative estimate of drug-likeness (QED) is 0.519. The third-order valence-electron chi connectivity index (χ3n) is 7.47. The number of nitrogens with zero attached hydrogens (tertiary/aromatic N) is 3. The van der Waals surface area contributed by atoms with Crippen LogP contribution in [0.3, 0.4) is 0 Å². The van der Waals surface area contributed by atoms with Gasteiger partial charge in [0.2, 0.25) is 0 Å². The number of likely N-dealkylation sites (tertiary alicyclic amines) is 1. The van der Waals surface area contributed by atoms with Crippen molar-refractivity contribution in [3.63, 3.8) is 0 Å². The van der Waals surface area contributed by atoms with E-state index >= 15 is 0 Å². The number of thiophene rings is 1. The van der Waals surface area contributed by atoms with Gasteiger partial charge in [-0.15, -0.1) is 11.3 Å². The molecule has 4 heterocycles. The van der Waals surface area contributed by atoms with Crippen molar-refractivity contribution in [2.45, 2.75) is 45.6 Å². The van der Waals surface area contributed by atoms with E-state index in [1.807, 2.05) is 39.0 Å². The van der Waals surface area contributed by atoms with Gasteiger partial charge < -0.3 is 19.5 Å². The molecular weight excluding hydrogens is 460 g/mol. The Morgan fingerprint density at radius 1 is 1.17 bits per heavy atom. The molecular formula is C27H28N4O3S. The summed E-state index contributed by atoms with van der Waals surface area (Å²) in [6.07, 6.45) is -0.237. The number of hydrogen-bond acceptors (Lipinski definition) is 6. The van der Waals surface area contributed by atoms with Crippen molar-refractivity contribution in [1.29, 1.82) is 5.26 Å². The van der Waals surface area contributed by atoms with Crippen LogP contribution in [0.4, 0.5) is 10.5 Å². The van der Waals surface area contributed by atoms with Crippen molar-refractivity contribution >= 4 is 39.1 Å². The van der Waals surface area contributed by atoms with Crippen LogP contribution in [0.2, 0.25) is 0 Å². The summed E-state index contributed by atoms with van der Waals surface area (Å²) in [7, 11) is 0. The van der Waals surface area contributed by atoms with Crippen molar-refractivity contribution in [3.05, 3.63) is 51.5 Å². The van der Waals surface area contributed by atoms with Crippen LogP contribution in [0.5, 0.6) is 0 Å². The molecule has 1 N–H and O–H groups in total. The summed E-state index contributed by atoms with van der Waals surface area (Å²) in [5.41, 5.74) is 4.62. The van der Waals surface area contributed by atoms with Gasteiger partial charge in [0, 0.05) is 54.0 Å². The Bertz CT molecular complexity index is 1450. The van der Waals surface area contributed by atoms with Gasteiger partial charge >= 0.3 is 6.09 Å². The fourth-order valence-corrected chi connectivity index (χ4v) is 6.76. The van der Waals surface area contributed by atoms with Crippen LogP contribution in [-0.4, -0.2) is 53.5 Å². The number of aromatic nitrogens is 1. The molecule has 2 fully saturated rings. The van der Waals surface area contributed by atoms with Crippen molar-refractivity contribution in [1.82, 2.24) is 9.88 Å². The number of hydrogen-bond donors (Lipinski definition) is 1. The normalized spacial score (nSPS) is 19.6. The highest BCUT2D eigenvalue weighted by Crippen LogP contribution is 2.48. The van der Waals surface area contributed by atoms with E-state index in [1.165, 1.54) is 11.3 Å². The van der Waals surface area contributed by atoms with Gasteiger partial charge in [-0.3, -0.25) is 4.79 Å². The molecule has 0 saturated carbocycles. The Morgan fingerprint density at radius 3 is 2.54 bits per heavy atom. The lowest BCUT2D eigenvalue weighted by atomic mass is 9.70. The summed E-state index contributed by atoms with van der Waals surface area (Å²) in [6, 6.07) is 10.2. The van der Waals surface area contributed by atoms with Crippen LogP contribution in [-0.2, 0) is 10.2 Å². The Labute approximate surface area is 208 Å². The van der Waals surface area contributed by atoms with Crippen LogP contribution in [0.25, 0.3) is 10.2 Å². The molecule has 35 heavy (non-hydrogen) atoms. The highest BCUT2D eigenvalue weighted by Gasteiger charge is 2.54. The van der Waals surface area contributed by atoms with E-state index < -0.39 is 5.60 Å². The maximum Gasteiger partial charge on any atom is 0.410 e. The van der Waals surface area contributed by atoms with Gasteiger partial charge in [0.25, 0.3) is 0 Å². The van der Waals surface area contributed by atoms with Gasteiger partial charge in [0.1, 0.15) is 16.5 Å². The van der Waals surface area contributed by atoms with Crippen LogP contribution in [0.15, 0.2) is 24.3 Å². The highest BCUT2D eigenvalue weighted by atomic mass is 32.1. The molecule has 6 rings (SSSR count). The summed E-state index contributed by atoms with van der Waals surface area (Å²) in [5, 5.41) is 9.28. The van der Waals surface area contributed by atoms with Crippen LogP contribution >= 0.6 is 11.3 Å². The summed E-state index contributed by atoms with van der Waals surface area (Å²) in [4.78, 5) is 34.0. The number of fused-ring (bicyclic) bond motifs is 4. The molecule has 3 aliphatic rings. The molecule has 0 unspecified atom stereocenters. The monoisotopic (exact) mass is 488 g/mol. The predicted molar refractivity (Wildman–Crippen MR) is 135 cm³/mol. The topological polar surface area (TPSA) is 89.4 Å². The largest absolute Gasteiger partial charge is 0.444 e. The Morgan fingerprint density at radius 2 is 1.89 bits per heavy atom. The molecule has 2 aromatic heterocycles. The Hall–Kier alpha value is -3.31. The van der Waals surface area contributed by atoms with E-state index in [4.69, 9.17) is 4.74 Å². The first-order valence-electron chi connectivity index (χ1n) is 11.9. The predicted octanol–water partition coefficient (Wildman–Crippen LogP) is 5.03. The van der Waals surface area contributed by atoms with Crippen molar-refractivity contribution in [2.24, 2.45) is 5.41 Å². The van der Waals surface area contributed by atoms with E-state index in [0.29, 0.717) is 10.4 Å². The van der Waals surface area contributed by atoms with Crippen LogP contribution in [0, 0.1) is 16.7 Å². The fraction of sp³-hybridized carbons (Fsp3) is 0.444. The van der Waals surface area contributed by atoms with E-state index in [0.717, 1.165) is 58.9 Å². The van der Waals surface area contributed by atoms with Gasteiger partial charge in [0.15, 0.2) is 5.78 Å². The average molecular weight is 489 g/mol.